The quantitative estimate of drug-likeness (QED) is 0.558. The SMILES string of the molecule is CC(C)(C)[S+]([O-])N[C@@H]1c2cc(C#CCO)ccc2CC12CCNCC2. The molecule has 136 valence electrons. The van der Waals surface area contributed by atoms with Gasteiger partial charge in [-0.2, -0.15) is 0 Å². The highest BCUT2D eigenvalue weighted by Crippen LogP contribution is 2.51. The average Bonchev–Trinajstić information content (AvgIpc) is 2.85. The molecule has 0 bridgehead atoms. The van der Waals surface area contributed by atoms with Crippen LogP contribution in [-0.2, 0) is 17.8 Å². The molecule has 1 fully saturated rings. The minimum absolute atomic E-state index is 0.0838. The Hall–Kier alpha value is -1.03. The third kappa shape index (κ3) is 3.89. The predicted molar refractivity (Wildman–Crippen MR) is 102 cm³/mol. The third-order valence-electron chi connectivity index (χ3n) is 5.30. The van der Waals surface area contributed by atoms with E-state index in [-0.39, 0.29) is 22.8 Å². The van der Waals surface area contributed by atoms with E-state index in [0.717, 1.165) is 37.9 Å². The van der Waals surface area contributed by atoms with E-state index < -0.39 is 11.4 Å². The van der Waals surface area contributed by atoms with Gasteiger partial charge in [0.2, 0.25) is 0 Å². The summed E-state index contributed by atoms with van der Waals surface area (Å²) in [6, 6.07) is 6.38. The number of benzene rings is 1. The Balaban J connectivity index is 1.97. The Morgan fingerprint density at radius 1 is 1.36 bits per heavy atom. The Labute approximate surface area is 154 Å². The summed E-state index contributed by atoms with van der Waals surface area (Å²) in [5, 5.41) is 12.4. The molecule has 3 N–H and O–H groups in total. The minimum Gasteiger partial charge on any atom is -0.598 e. The topological polar surface area (TPSA) is 67.3 Å². The molecular formula is C20H28N2O2S. The number of fused-ring (bicyclic) bond motifs is 1. The lowest BCUT2D eigenvalue weighted by molar-refractivity contribution is 0.163. The van der Waals surface area contributed by atoms with Gasteiger partial charge in [-0.1, -0.05) is 17.9 Å². The average molecular weight is 361 g/mol. The Kier molecular flexibility index (Phi) is 5.48. The fourth-order valence-corrected chi connectivity index (χ4v) is 4.86. The summed E-state index contributed by atoms with van der Waals surface area (Å²) in [4.78, 5) is 0. The summed E-state index contributed by atoms with van der Waals surface area (Å²) in [5.74, 6) is 5.73. The lowest BCUT2D eigenvalue weighted by Gasteiger charge is -2.40. The van der Waals surface area contributed by atoms with Crippen LogP contribution in [0.25, 0.3) is 0 Å². The first-order valence-electron chi connectivity index (χ1n) is 8.97. The van der Waals surface area contributed by atoms with Crippen molar-refractivity contribution in [1.82, 2.24) is 10.0 Å². The van der Waals surface area contributed by atoms with Gasteiger partial charge in [-0.3, -0.25) is 0 Å². The molecule has 1 aliphatic carbocycles. The highest BCUT2D eigenvalue weighted by atomic mass is 32.2. The van der Waals surface area contributed by atoms with Gasteiger partial charge in [0.1, 0.15) is 11.4 Å². The first-order valence-corrected chi connectivity index (χ1v) is 10.1. The van der Waals surface area contributed by atoms with Crippen LogP contribution in [0.3, 0.4) is 0 Å². The van der Waals surface area contributed by atoms with Crippen molar-refractivity contribution in [2.75, 3.05) is 19.7 Å². The van der Waals surface area contributed by atoms with Gasteiger partial charge in [0.25, 0.3) is 0 Å². The molecule has 1 aromatic rings. The summed E-state index contributed by atoms with van der Waals surface area (Å²) >= 11 is -1.12. The number of hydrogen-bond donors (Lipinski definition) is 3. The van der Waals surface area contributed by atoms with Crippen LogP contribution in [0.4, 0.5) is 0 Å². The standard InChI is InChI=1S/C20H28N2O2S/c1-19(2,3)25(24)22-18-17-13-15(5-4-12-23)6-7-16(17)14-20(18)8-10-21-11-9-20/h6-7,13,18,21-23H,8-12,14H2,1-3H3/t18-,25?/m1/s1. The van der Waals surface area contributed by atoms with Gasteiger partial charge in [-0.15, -0.1) is 4.72 Å². The molecule has 1 unspecified atom stereocenters. The molecule has 0 amide bonds. The van der Waals surface area contributed by atoms with Gasteiger partial charge in [0, 0.05) is 22.3 Å². The highest BCUT2D eigenvalue weighted by molar-refractivity contribution is 7.90. The fourth-order valence-electron chi connectivity index (χ4n) is 3.92. The summed E-state index contributed by atoms with van der Waals surface area (Å²) in [5.41, 5.74) is 3.59. The number of piperidine rings is 1. The zero-order valence-corrected chi connectivity index (χ0v) is 16.1. The van der Waals surface area contributed by atoms with E-state index in [4.69, 9.17) is 5.11 Å². The van der Waals surface area contributed by atoms with E-state index in [1.165, 1.54) is 11.1 Å². The summed E-state index contributed by atoms with van der Waals surface area (Å²) in [6.07, 6.45) is 3.19. The maximum Gasteiger partial charge on any atom is 0.136 e. The number of hydrogen-bond acceptors (Lipinski definition) is 4. The summed E-state index contributed by atoms with van der Waals surface area (Å²) in [7, 11) is 0. The Morgan fingerprint density at radius 3 is 2.72 bits per heavy atom. The van der Waals surface area contributed by atoms with Crippen LogP contribution in [0.2, 0.25) is 0 Å². The molecule has 0 saturated carbocycles. The number of aliphatic hydroxyl groups is 1. The summed E-state index contributed by atoms with van der Waals surface area (Å²) in [6.45, 7) is 7.89. The molecule has 1 aromatic carbocycles. The molecular weight excluding hydrogens is 332 g/mol. The zero-order valence-electron chi connectivity index (χ0n) is 15.3. The number of aliphatic hydroxyl groups excluding tert-OH is 1. The Morgan fingerprint density at radius 2 is 2.08 bits per heavy atom. The van der Waals surface area contributed by atoms with Gasteiger partial charge in [-0.25, -0.2) is 0 Å². The van der Waals surface area contributed by atoms with Gasteiger partial charge < -0.3 is 15.0 Å². The molecule has 3 rings (SSSR count). The normalized spacial score (nSPS) is 23.0. The van der Waals surface area contributed by atoms with E-state index >= 15 is 0 Å². The van der Waals surface area contributed by atoms with Crippen molar-refractivity contribution in [2.45, 2.75) is 50.8 Å². The van der Waals surface area contributed by atoms with Gasteiger partial charge in [0.05, 0.1) is 6.04 Å². The lowest BCUT2D eigenvalue weighted by atomic mass is 9.73. The minimum atomic E-state index is -1.12. The second-order valence-electron chi connectivity index (χ2n) is 8.09. The smallest absolute Gasteiger partial charge is 0.136 e. The van der Waals surface area contributed by atoms with E-state index in [1.54, 1.807) is 0 Å². The molecule has 25 heavy (non-hydrogen) atoms. The third-order valence-corrected chi connectivity index (χ3v) is 6.87. The predicted octanol–water partition coefficient (Wildman–Crippen LogP) is 2.05. The van der Waals surface area contributed by atoms with Crippen molar-refractivity contribution in [3.63, 3.8) is 0 Å². The molecule has 0 aromatic heterocycles. The van der Waals surface area contributed by atoms with E-state index in [0.29, 0.717) is 0 Å². The van der Waals surface area contributed by atoms with Crippen molar-refractivity contribution >= 4 is 11.4 Å². The molecule has 1 heterocycles. The van der Waals surface area contributed by atoms with Crippen molar-refractivity contribution in [1.29, 1.82) is 0 Å². The van der Waals surface area contributed by atoms with Gasteiger partial charge in [-0.05, 0) is 76.4 Å². The summed E-state index contributed by atoms with van der Waals surface area (Å²) < 4.78 is 16.0. The van der Waals surface area contributed by atoms with Crippen molar-refractivity contribution in [3.05, 3.63) is 34.9 Å². The van der Waals surface area contributed by atoms with E-state index in [1.807, 2.05) is 26.8 Å². The van der Waals surface area contributed by atoms with Crippen molar-refractivity contribution < 1.29 is 9.66 Å². The van der Waals surface area contributed by atoms with Crippen LogP contribution in [0.15, 0.2) is 18.2 Å². The Bertz CT molecular complexity index is 681. The van der Waals surface area contributed by atoms with Crippen molar-refractivity contribution in [3.8, 4) is 11.8 Å². The van der Waals surface area contributed by atoms with Gasteiger partial charge >= 0.3 is 0 Å². The van der Waals surface area contributed by atoms with Gasteiger partial charge in [0.15, 0.2) is 0 Å². The number of nitrogens with one attached hydrogen (secondary N) is 2. The van der Waals surface area contributed by atoms with Crippen LogP contribution < -0.4 is 10.0 Å². The van der Waals surface area contributed by atoms with Crippen LogP contribution >= 0.6 is 0 Å². The van der Waals surface area contributed by atoms with E-state index in [9.17, 15) is 4.55 Å². The first kappa shape index (κ1) is 18.8. The molecule has 1 saturated heterocycles. The highest BCUT2D eigenvalue weighted by Gasteiger charge is 2.49. The zero-order chi connectivity index (χ0) is 18.1. The monoisotopic (exact) mass is 360 g/mol. The largest absolute Gasteiger partial charge is 0.598 e. The number of rotatable bonds is 2. The van der Waals surface area contributed by atoms with Crippen LogP contribution in [0, 0.1) is 17.3 Å². The van der Waals surface area contributed by atoms with Crippen molar-refractivity contribution in [2.24, 2.45) is 5.41 Å². The maximum absolute atomic E-state index is 12.8. The molecule has 4 nitrogen and oxygen atoms in total. The second-order valence-corrected chi connectivity index (χ2v) is 10.1. The lowest BCUT2D eigenvalue weighted by Crippen LogP contribution is -2.48. The molecule has 2 aliphatic rings. The first-order chi connectivity index (χ1) is 11.9. The van der Waals surface area contributed by atoms with Crippen LogP contribution in [0.1, 0.15) is 56.3 Å². The molecule has 1 spiro atoms. The van der Waals surface area contributed by atoms with E-state index in [2.05, 4.69) is 34.0 Å². The molecule has 5 heteroatoms. The van der Waals surface area contributed by atoms with Crippen LogP contribution in [-0.4, -0.2) is 34.1 Å². The molecule has 0 radical (unpaired) electrons. The fraction of sp³-hybridized carbons (Fsp3) is 0.600. The molecule has 2 atom stereocenters. The maximum atomic E-state index is 12.8. The second kappa shape index (κ2) is 7.30. The van der Waals surface area contributed by atoms with Crippen LogP contribution in [0.5, 0.6) is 0 Å². The molecule has 1 aliphatic heterocycles.